The smallest absolute Gasteiger partial charge is 0.0675 e. The van der Waals surface area contributed by atoms with Crippen LogP contribution in [0.2, 0.25) is 0 Å². The largest absolute Gasteiger partial charge is 0.374 e. The van der Waals surface area contributed by atoms with Gasteiger partial charge in [-0.25, -0.2) is 0 Å². The molecule has 1 saturated carbocycles. The molecule has 2 unspecified atom stereocenters. The first-order chi connectivity index (χ1) is 7.58. The third-order valence-corrected chi connectivity index (χ3v) is 3.32. The van der Waals surface area contributed by atoms with Crippen molar-refractivity contribution in [3.8, 4) is 0 Å². The lowest BCUT2D eigenvalue weighted by Crippen LogP contribution is -2.35. The normalized spacial score (nSPS) is 21.6. The fourth-order valence-corrected chi connectivity index (χ4v) is 2.63. The lowest BCUT2D eigenvalue weighted by molar-refractivity contribution is -0.00217. The molecule has 2 heteroatoms. The van der Waals surface area contributed by atoms with Gasteiger partial charge in [0.05, 0.1) is 12.2 Å². The van der Waals surface area contributed by atoms with Gasteiger partial charge in [0.2, 0.25) is 0 Å². The molecule has 0 radical (unpaired) electrons. The van der Waals surface area contributed by atoms with Crippen molar-refractivity contribution in [2.24, 2.45) is 5.92 Å². The van der Waals surface area contributed by atoms with Crippen LogP contribution >= 0.6 is 0 Å². The Kier molecular flexibility index (Phi) is 6.37. The fraction of sp³-hybridized carbons (Fsp3) is 1.00. The SMILES string of the molecule is CC(C)CC(C)OC(C)CNC1CCCC1. The fourth-order valence-electron chi connectivity index (χ4n) is 2.63. The summed E-state index contributed by atoms with van der Waals surface area (Å²) < 4.78 is 5.96. The summed E-state index contributed by atoms with van der Waals surface area (Å²) in [5.74, 6) is 0.727. The van der Waals surface area contributed by atoms with Gasteiger partial charge in [-0.3, -0.25) is 0 Å². The van der Waals surface area contributed by atoms with Crippen molar-refractivity contribution in [1.82, 2.24) is 5.32 Å². The second-order valence-electron chi connectivity index (χ2n) is 5.78. The molecule has 0 spiro atoms. The molecule has 0 saturated heterocycles. The second-order valence-corrected chi connectivity index (χ2v) is 5.78. The highest BCUT2D eigenvalue weighted by atomic mass is 16.5. The number of hydrogen-bond donors (Lipinski definition) is 1. The molecule has 1 rings (SSSR count). The minimum atomic E-state index is 0.342. The molecule has 1 aliphatic carbocycles. The van der Waals surface area contributed by atoms with Crippen molar-refractivity contribution in [1.29, 1.82) is 0 Å². The van der Waals surface area contributed by atoms with E-state index in [1.165, 1.54) is 25.7 Å². The van der Waals surface area contributed by atoms with Crippen LogP contribution in [0.4, 0.5) is 0 Å². The summed E-state index contributed by atoms with van der Waals surface area (Å²) in [5.41, 5.74) is 0. The van der Waals surface area contributed by atoms with E-state index in [0.717, 1.165) is 24.9 Å². The molecule has 0 aliphatic heterocycles. The molecular weight excluding hydrogens is 198 g/mol. The molecule has 96 valence electrons. The first kappa shape index (κ1) is 14.0. The van der Waals surface area contributed by atoms with Crippen molar-refractivity contribution in [2.75, 3.05) is 6.54 Å². The number of rotatable bonds is 7. The highest BCUT2D eigenvalue weighted by Crippen LogP contribution is 2.17. The Balaban J connectivity index is 2.07. The summed E-state index contributed by atoms with van der Waals surface area (Å²) in [6.07, 6.45) is 7.40. The molecular formula is C14H29NO. The summed E-state index contributed by atoms with van der Waals surface area (Å²) in [5, 5.41) is 3.62. The highest BCUT2D eigenvalue weighted by Gasteiger charge is 2.16. The Morgan fingerprint density at radius 2 is 1.69 bits per heavy atom. The van der Waals surface area contributed by atoms with E-state index in [4.69, 9.17) is 4.74 Å². The average molecular weight is 227 g/mol. The van der Waals surface area contributed by atoms with E-state index in [1.807, 2.05) is 0 Å². The Morgan fingerprint density at radius 1 is 1.06 bits per heavy atom. The standard InChI is InChI=1S/C14H29NO/c1-11(2)9-12(3)16-13(4)10-15-14-7-5-6-8-14/h11-15H,5-10H2,1-4H3. The van der Waals surface area contributed by atoms with Crippen LogP contribution < -0.4 is 5.32 Å². The van der Waals surface area contributed by atoms with E-state index in [9.17, 15) is 0 Å². The molecule has 0 heterocycles. The van der Waals surface area contributed by atoms with Crippen molar-refractivity contribution in [3.05, 3.63) is 0 Å². The van der Waals surface area contributed by atoms with Crippen LogP contribution in [-0.4, -0.2) is 24.8 Å². The summed E-state index contributed by atoms with van der Waals surface area (Å²) in [7, 11) is 0. The molecule has 1 N–H and O–H groups in total. The molecule has 2 nitrogen and oxygen atoms in total. The van der Waals surface area contributed by atoms with Gasteiger partial charge >= 0.3 is 0 Å². The number of nitrogens with one attached hydrogen (secondary N) is 1. The first-order valence-electron chi connectivity index (χ1n) is 6.96. The van der Waals surface area contributed by atoms with Gasteiger partial charge in [-0.05, 0) is 39.0 Å². The summed E-state index contributed by atoms with van der Waals surface area (Å²) in [4.78, 5) is 0. The zero-order valence-electron chi connectivity index (χ0n) is 11.5. The van der Waals surface area contributed by atoms with Gasteiger partial charge in [0.1, 0.15) is 0 Å². The average Bonchev–Trinajstić information content (AvgIpc) is 2.65. The molecule has 2 atom stereocenters. The summed E-state index contributed by atoms with van der Waals surface area (Å²) >= 11 is 0. The van der Waals surface area contributed by atoms with Gasteiger partial charge in [-0.1, -0.05) is 26.7 Å². The van der Waals surface area contributed by atoms with Crippen molar-refractivity contribution in [2.45, 2.75) is 78.0 Å². The predicted octanol–water partition coefficient (Wildman–Crippen LogP) is 3.36. The van der Waals surface area contributed by atoms with E-state index >= 15 is 0 Å². The van der Waals surface area contributed by atoms with Gasteiger partial charge < -0.3 is 10.1 Å². The van der Waals surface area contributed by atoms with Gasteiger partial charge in [-0.2, -0.15) is 0 Å². The minimum Gasteiger partial charge on any atom is -0.374 e. The molecule has 1 aliphatic rings. The van der Waals surface area contributed by atoms with Crippen molar-refractivity contribution < 1.29 is 4.74 Å². The number of hydrogen-bond acceptors (Lipinski definition) is 2. The highest BCUT2D eigenvalue weighted by molar-refractivity contribution is 4.74. The van der Waals surface area contributed by atoms with E-state index in [2.05, 4.69) is 33.0 Å². The third kappa shape index (κ3) is 5.86. The Hall–Kier alpha value is -0.0800. The maximum Gasteiger partial charge on any atom is 0.0675 e. The lowest BCUT2D eigenvalue weighted by Gasteiger charge is -2.22. The lowest BCUT2D eigenvalue weighted by atomic mass is 10.1. The van der Waals surface area contributed by atoms with Crippen LogP contribution in [0, 0.1) is 5.92 Å². The van der Waals surface area contributed by atoms with Gasteiger partial charge in [0.25, 0.3) is 0 Å². The van der Waals surface area contributed by atoms with Crippen molar-refractivity contribution in [3.63, 3.8) is 0 Å². The first-order valence-corrected chi connectivity index (χ1v) is 6.96. The molecule has 0 bridgehead atoms. The third-order valence-electron chi connectivity index (χ3n) is 3.32. The Labute approximate surface area is 101 Å². The predicted molar refractivity (Wildman–Crippen MR) is 69.7 cm³/mol. The molecule has 1 fully saturated rings. The summed E-state index contributed by atoms with van der Waals surface area (Å²) in [6.45, 7) is 9.88. The van der Waals surface area contributed by atoms with Gasteiger partial charge in [0.15, 0.2) is 0 Å². The van der Waals surface area contributed by atoms with Crippen molar-refractivity contribution >= 4 is 0 Å². The molecule has 16 heavy (non-hydrogen) atoms. The quantitative estimate of drug-likeness (QED) is 0.720. The van der Waals surface area contributed by atoms with E-state index < -0.39 is 0 Å². The maximum atomic E-state index is 5.96. The molecule has 0 aromatic carbocycles. The van der Waals surface area contributed by atoms with Crippen LogP contribution in [0.3, 0.4) is 0 Å². The minimum absolute atomic E-state index is 0.342. The maximum absolute atomic E-state index is 5.96. The topological polar surface area (TPSA) is 21.3 Å². The summed E-state index contributed by atoms with van der Waals surface area (Å²) in [6, 6.07) is 0.756. The Bertz CT molecular complexity index is 176. The Morgan fingerprint density at radius 3 is 2.25 bits per heavy atom. The molecule has 0 amide bonds. The van der Waals surface area contributed by atoms with E-state index in [1.54, 1.807) is 0 Å². The molecule has 0 aromatic heterocycles. The van der Waals surface area contributed by atoms with Crippen LogP contribution in [0.5, 0.6) is 0 Å². The monoisotopic (exact) mass is 227 g/mol. The van der Waals surface area contributed by atoms with Gasteiger partial charge in [0, 0.05) is 12.6 Å². The number of ether oxygens (including phenoxy) is 1. The van der Waals surface area contributed by atoms with Gasteiger partial charge in [-0.15, -0.1) is 0 Å². The van der Waals surface area contributed by atoms with Crippen LogP contribution in [0.1, 0.15) is 59.8 Å². The van der Waals surface area contributed by atoms with Crippen LogP contribution in [-0.2, 0) is 4.74 Å². The van der Waals surface area contributed by atoms with Crippen LogP contribution in [0.15, 0.2) is 0 Å². The second kappa shape index (κ2) is 7.29. The molecule has 0 aromatic rings. The zero-order chi connectivity index (χ0) is 12.0. The van der Waals surface area contributed by atoms with E-state index in [-0.39, 0.29) is 0 Å². The zero-order valence-corrected chi connectivity index (χ0v) is 11.5. The van der Waals surface area contributed by atoms with E-state index in [0.29, 0.717) is 12.2 Å². The van der Waals surface area contributed by atoms with Crippen LogP contribution in [0.25, 0.3) is 0 Å².